The third kappa shape index (κ3) is 3.15. The predicted octanol–water partition coefficient (Wildman–Crippen LogP) is 2.57. The van der Waals surface area contributed by atoms with Crippen LogP contribution in [-0.2, 0) is 16.0 Å². The van der Waals surface area contributed by atoms with Crippen LogP contribution in [0, 0.1) is 16.7 Å². The lowest BCUT2D eigenvalue weighted by atomic mass is 9.60. The smallest absolute Gasteiger partial charge is 0.220 e. The summed E-state index contributed by atoms with van der Waals surface area (Å²) < 4.78 is 5.44. The van der Waals surface area contributed by atoms with Crippen LogP contribution >= 0.6 is 0 Å². The summed E-state index contributed by atoms with van der Waals surface area (Å²) in [4.78, 5) is 12.2. The number of carbonyl (C=O) groups excluding carboxylic acids is 1. The van der Waals surface area contributed by atoms with Gasteiger partial charge in [-0.25, -0.2) is 0 Å². The van der Waals surface area contributed by atoms with Crippen LogP contribution in [0.25, 0.3) is 0 Å². The van der Waals surface area contributed by atoms with Crippen molar-refractivity contribution in [3.8, 4) is 6.07 Å². The Hall–Kier alpha value is -1.86. The van der Waals surface area contributed by atoms with Crippen molar-refractivity contribution in [3.63, 3.8) is 0 Å². The van der Waals surface area contributed by atoms with Gasteiger partial charge in [0.2, 0.25) is 5.91 Å². The van der Waals surface area contributed by atoms with Crippen molar-refractivity contribution < 1.29 is 9.53 Å². The van der Waals surface area contributed by atoms with E-state index < -0.39 is 0 Å². The monoisotopic (exact) mass is 298 g/mol. The molecule has 22 heavy (non-hydrogen) atoms. The molecule has 1 aromatic carbocycles. The first-order chi connectivity index (χ1) is 10.7. The highest BCUT2D eigenvalue weighted by atomic mass is 16.5. The second kappa shape index (κ2) is 6.50. The van der Waals surface area contributed by atoms with Crippen LogP contribution in [0.5, 0.6) is 0 Å². The highest BCUT2D eigenvalue weighted by molar-refractivity contribution is 5.76. The van der Waals surface area contributed by atoms with E-state index in [9.17, 15) is 4.79 Å². The molecule has 1 aromatic rings. The molecule has 0 radical (unpaired) electrons. The first kappa shape index (κ1) is 15.1. The number of nitrogens with zero attached hydrogens (tertiary/aromatic N) is 1. The summed E-state index contributed by atoms with van der Waals surface area (Å²) in [7, 11) is 0. The number of ether oxygens (including phenoxy) is 1. The van der Waals surface area contributed by atoms with Crippen LogP contribution in [0.2, 0.25) is 0 Å². The number of nitriles is 1. The van der Waals surface area contributed by atoms with Crippen molar-refractivity contribution in [1.82, 2.24) is 5.32 Å². The van der Waals surface area contributed by atoms with Gasteiger partial charge in [0.25, 0.3) is 0 Å². The van der Waals surface area contributed by atoms with Crippen molar-refractivity contribution in [2.45, 2.75) is 44.6 Å². The molecule has 1 saturated carbocycles. The highest BCUT2D eigenvalue weighted by Crippen LogP contribution is 2.48. The Morgan fingerprint density at radius 2 is 2.00 bits per heavy atom. The minimum Gasteiger partial charge on any atom is -0.381 e. The molecule has 2 fully saturated rings. The van der Waals surface area contributed by atoms with E-state index in [1.807, 2.05) is 12.1 Å². The maximum absolute atomic E-state index is 12.2. The third-order valence-corrected chi connectivity index (χ3v) is 5.22. The van der Waals surface area contributed by atoms with Gasteiger partial charge in [-0.15, -0.1) is 0 Å². The van der Waals surface area contributed by atoms with Crippen LogP contribution < -0.4 is 5.32 Å². The molecular formula is C18H22N2O2. The van der Waals surface area contributed by atoms with Gasteiger partial charge in [-0.1, -0.05) is 12.1 Å². The van der Waals surface area contributed by atoms with Gasteiger partial charge in [-0.05, 0) is 55.2 Å². The molecule has 4 nitrogen and oxygen atoms in total. The predicted molar refractivity (Wildman–Crippen MR) is 83.1 cm³/mol. The van der Waals surface area contributed by atoms with E-state index in [0.717, 1.165) is 44.5 Å². The van der Waals surface area contributed by atoms with Gasteiger partial charge >= 0.3 is 0 Å². The molecule has 0 aromatic heterocycles. The van der Waals surface area contributed by atoms with Gasteiger partial charge in [-0.2, -0.15) is 5.26 Å². The number of hydrogen-bond acceptors (Lipinski definition) is 3. The fraction of sp³-hybridized carbons (Fsp3) is 0.556. The molecular weight excluding hydrogens is 276 g/mol. The number of amides is 1. The number of rotatable bonds is 4. The van der Waals surface area contributed by atoms with Crippen molar-refractivity contribution >= 4 is 5.91 Å². The standard InChI is InChI=1S/C18H22N2O2/c19-13-15-3-1-14(2-4-15)5-6-17(21)20-16-7-8-18(16)9-11-22-12-10-18/h1-4,16H,5-12H2,(H,20,21). The summed E-state index contributed by atoms with van der Waals surface area (Å²) in [5.41, 5.74) is 2.06. The lowest BCUT2D eigenvalue weighted by molar-refractivity contribution is -0.127. The molecule has 1 amide bonds. The molecule has 1 aliphatic heterocycles. The summed E-state index contributed by atoms with van der Waals surface area (Å²) in [5, 5.41) is 12.0. The van der Waals surface area contributed by atoms with Crippen LogP contribution in [0.1, 0.15) is 43.2 Å². The van der Waals surface area contributed by atoms with Crippen LogP contribution in [0.4, 0.5) is 0 Å². The summed E-state index contributed by atoms with van der Waals surface area (Å²) in [6, 6.07) is 9.90. The minimum absolute atomic E-state index is 0.139. The molecule has 116 valence electrons. The van der Waals surface area contributed by atoms with Gasteiger partial charge in [0.1, 0.15) is 0 Å². The van der Waals surface area contributed by atoms with E-state index in [1.54, 1.807) is 12.1 Å². The Kier molecular flexibility index (Phi) is 4.44. The molecule has 1 unspecified atom stereocenters. The molecule has 1 aliphatic carbocycles. The first-order valence-electron chi connectivity index (χ1n) is 8.08. The lowest BCUT2D eigenvalue weighted by Crippen LogP contribution is -2.57. The summed E-state index contributed by atoms with van der Waals surface area (Å²) in [5.74, 6) is 0.139. The fourth-order valence-corrected chi connectivity index (χ4v) is 3.57. The number of carbonyl (C=O) groups is 1. The first-order valence-corrected chi connectivity index (χ1v) is 8.08. The SMILES string of the molecule is N#Cc1ccc(CCC(=O)NC2CCC23CCOCC3)cc1. The zero-order valence-electron chi connectivity index (χ0n) is 12.8. The maximum atomic E-state index is 12.2. The van der Waals surface area contributed by atoms with Crippen molar-refractivity contribution in [1.29, 1.82) is 5.26 Å². The quantitative estimate of drug-likeness (QED) is 0.929. The van der Waals surface area contributed by atoms with E-state index in [-0.39, 0.29) is 5.91 Å². The summed E-state index contributed by atoms with van der Waals surface area (Å²) in [6.45, 7) is 1.66. The minimum atomic E-state index is 0.139. The highest BCUT2D eigenvalue weighted by Gasteiger charge is 2.47. The van der Waals surface area contributed by atoms with Gasteiger partial charge in [-0.3, -0.25) is 4.79 Å². The normalized spacial score (nSPS) is 22.6. The van der Waals surface area contributed by atoms with E-state index in [1.165, 1.54) is 6.42 Å². The van der Waals surface area contributed by atoms with Crippen molar-refractivity contribution in [3.05, 3.63) is 35.4 Å². The van der Waals surface area contributed by atoms with Gasteiger partial charge < -0.3 is 10.1 Å². The molecule has 3 rings (SSSR count). The molecule has 1 N–H and O–H groups in total. The van der Waals surface area contributed by atoms with E-state index in [4.69, 9.17) is 10.00 Å². The largest absolute Gasteiger partial charge is 0.381 e. The zero-order chi connectivity index (χ0) is 15.4. The van der Waals surface area contributed by atoms with Crippen molar-refractivity contribution in [2.24, 2.45) is 5.41 Å². The average Bonchev–Trinajstić information content (AvgIpc) is 2.58. The second-order valence-electron chi connectivity index (χ2n) is 6.44. The van der Waals surface area contributed by atoms with Gasteiger partial charge in [0, 0.05) is 25.7 Å². The molecule has 1 spiro atoms. The van der Waals surface area contributed by atoms with Crippen LogP contribution in [0.3, 0.4) is 0 Å². The maximum Gasteiger partial charge on any atom is 0.220 e. The topological polar surface area (TPSA) is 62.1 Å². The van der Waals surface area contributed by atoms with Gasteiger partial charge in [0.15, 0.2) is 0 Å². The van der Waals surface area contributed by atoms with E-state index >= 15 is 0 Å². The Balaban J connectivity index is 1.47. The Bertz CT molecular complexity index is 568. The molecule has 1 saturated heterocycles. The Morgan fingerprint density at radius 1 is 1.27 bits per heavy atom. The third-order valence-electron chi connectivity index (χ3n) is 5.22. The number of nitrogens with one attached hydrogen (secondary N) is 1. The fourth-order valence-electron chi connectivity index (χ4n) is 3.57. The van der Waals surface area contributed by atoms with Crippen LogP contribution in [0.15, 0.2) is 24.3 Å². The lowest BCUT2D eigenvalue weighted by Gasteiger charge is -2.52. The second-order valence-corrected chi connectivity index (χ2v) is 6.44. The number of hydrogen-bond donors (Lipinski definition) is 1. The molecule has 1 atom stereocenters. The van der Waals surface area contributed by atoms with Gasteiger partial charge in [0.05, 0.1) is 11.6 Å². The van der Waals surface area contributed by atoms with E-state index in [0.29, 0.717) is 23.4 Å². The molecule has 1 heterocycles. The van der Waals surface area contributed by atoms with Crippen molar-refractivity contribution in [2.75, 3.05) is 13.2 Å². The molecule has 0 bridgehead atoms. The molecule has 2 aliphatic rings. The van der Waals surface area contributed by atoms with Crippen LogP contribution in [-0.4, -0.2) is 25.2 Å². The Morgan fingerprint density at radius 3 is 2.59 bits per heavy atom. The zero-order valence-corrected chi connectivity index (χ0v) is 12.8. The Labute approximate surface area is 131 Å². The average molecular weight is 298 g/mol. The summed E-state index contributed by atoms with van der Waals surface area (Å²) >= 11 is 0. The number of benzene rings is 1. The molecule has 4 heteroatoms. The summed E-state index contributed by atoms with van der Waals surface area (Å²) in [6.07, 6.45) is 5.70. The number of aryl methyl sites for hydroxylation is 1. The van der Waals surface area contributed by atoms with E-state index in [2.05, 4.69) is 11.4 Å².